The second-order valence-electron chi connectivity index (χ2n) is 3.77. The van der Waals surface area contributed by atoms with Gasteiger partial charge in [0, 0.05) is 0 Å². The van der Waals surface area contributed by atoms with Crippen LogP contribution in [0, 0.1) is 0 Å². The topological polar surface area (TPSA) is 27.7 Å². The number of benzene rings is 1. The predicted octanol–water partition coefficient (Wildman–Crippen LogP) is 2.31. The van der Waals surface area contributed by atoms with Crippen molar-refractivity contribution in [2.24, 2.45) is 0 Å². The first-order valence-corrected chi connectivity index (χ1v) is 5.22. The summed E-state index contributed by atoms with van der Waals surface area (Å²) in [5.41, 5.74) is 1.12. The molecule has 3 nitrogen and oxygen atoms in total. The Hall–Kier alpha value is -0.900. The van der Waals surface area contributed by atoms with Gasteiger partial charge in [0.25, 0.3) is 6.48 Å². The van der Waals surface area contributed by atoms with Crippen LogP contribution in [0.2, 0.25) is 0 Å². The second kappa shape index (κ2) is 4.75. The van der Waals surface area contributed by atoms with E-state index in [-0.39, 0.29) is 12.2 Å². The van der Waals surface area contributed by atoms with E-state index in [0.717, 1.165) is 5.56 Å². The molecule has 1 aromatic rings. The fraction of sp³-hybridized carbons (Fsp3) is 0.500. The summed E-state index contributed by atoms with van der Waals surface area (Å²) < 4.78 is 16.4. The highest BCUT2D eigenvalue weighted by Crippen LogP contribution is 2.19. The van der Waals surface area contributed by atoms with E-state index in [2.05, 4.69) is 0 Å². The van der Waals surface area contributed by atoms with Crippen LogP contribution in [0.15, 0.2) is 30.3 Å². The molecule has 0 amide bonds. The second-order valence-corrected chi connectivity index (χ2v) is 3.77. The standard InChI is InChI=1S/C12H16O3/c1-9-10(2)15-12(14-9)13-8-11-6-4-3-5-7-11/h3-7,9-10,12H,8H2,1-2H3. The maximum Gasteiger partial charge on any atom is 0.272 e. The molecule has 0 saturated carbocycles. The van der Waals surface area contributed by atoms with Gasteiger partial charge in [-0.1, -0.05) is 30.3 Å². The van der Waals surface area contributed by atoms with Crippen molar-refractivity contribution in [1.82, 2.24) is 0 Å². The molecule has 0 N–H and O–H groups in total. The van der Waals surface area contributed by atoms with Gasteiger partial charge in [0.05, 0.1) is 18.8 Å². The third kappa shape index (κ3) is 2.78. The van der Waals surface area contributed by atoms with Crippen LogP contribution in [-0.4, -0.2) is 18.7 Å². The molecule has 82 valence electrons. The van der Waals surface area contributed by atoms with Gasteiger partial charge in [0.2, 0.25) is 0 Å². The van der Waals surface area contributed by atoms with Gasteiger partial charge in [-0.05, 0) is 19.4 Å². The van der Waals surface area contributed by atoms with Crippen LogP contribution in [0.5, 0.6) is 0 Å². The van der Waals surface area contributed by atoms with E-state index in [1.807, 2.05) is 44.2 Å². The van der Waals surface area contributed by atoms with Gasteiger partial charge >= 0.3 is 0 Å². The zero-order chi connectivity index (χ0) is 10.7. The highest BCUT2D eigenvalue weighted by atomic mass is 16.9. The predicted molar refractivity (Wildman–Crippen MR) is 56.1 cm³/mol. The van der Waals surface area contributed by atoms with Crippen LogP contribution in [0.25, 0.3) is 0 Å². The fourth-order valence-electron chi connectivity index (χ4n) is 1.42. The molecule has 0 aliphatic carbocycles. The third-order valence-electron chi connectivity index (χ3n) is 2.54. The van der Waals surface area contributed by atoms with Crippen molar-refractivity contribution in [3.05, 3.63) is 35.9 Å². The van der Waals surface area contributed by atoms with E-state index in [4.69, 9.17) is 14.2 Å². The van der Waals surface area contributed by atoms with Gasteiger partial charge in [-0.25, -0.2) is 0 Å². The SMILES string of the molecule is CC1OC(OCc2ccccc2)OC1C. The monoisotopic (exact) mass is 208 g/mol. The summed E-state index contributed by atoms with van der Waals surface area (Å²) in [6.07, 6.45) is 0.205. The average Bonchev–Trinajstić information content (AvgIpc) is 2.57. The normalized spacial score (nSPS) is 30.7. The van der Waals surface area contributed by atoms with Gasteiger partial charge in [0.1, 0.15) is 0 Å². The van der Waals surface area contributed by atoms with Crippen LogP contribution >= 0.6 is 0 Å². The molecule has 1 aromatic carbocycles. The minimum absolute atomic E-state index is 0.103. The third-order valence-corrected chi connectivity index (χ3v) is 2.54. The van der Waals surface area contributed by atoms with Crippen molar-refractivity contribution in [3.63, 3.8) is 0 Å². The number of rotatable bonds is 3. The van der Waals surface area contributed by atoms with E-state index in [1.54, 1.807) is 0 Å². The quantitative estimate of drug-likeness (QED) is 0.763. The van der Waals surface area contributed by atoms with E-state index in [1.165, 1.54) is 0 Å². The Balaban J connectivity index is 1.80. The van der Waals surface area contributed by atoms with Gasteiger partial charge in [0.15, 0.2) is 0 Å². The Morgan fingerprint density at radius 2 is 1.67 bits per heavy atom. The van der Waals surface area contributed by atoms with Crippen LogP contribution in [0.3, 0.4) is 0 Å². The molecule has 0 aromatic heterocycles. The Labute approximate surface area is 90.0 Å². The van der Waals surface area contributed by atoms with Gasteiger partial charge in [-0.15, -0.1) is 0 Å². The first kappa shape index (κ1) is 10.6. The zero-order valence-corrected chi connectivity index (χ0v) is 9.05. The summed E-state index contributed by atoms with van der Waals surface area (Å²) >= 11 is 0. The molecule has 1 fully saturated rings. The van der Waals surface area contributed by atoms with Gasteiger partial charge in [-0.2, -0.15) is 0 Å². The molecule has 2 rings (SSSR count). The molecule has 0 bridgehead atoms. The molecule has 1 aliphatic heterocycles. The van der Waals surface area contributed by atoms with Crippen molar-refractivity contribution in [2.75, 3.05) is 0 Å². The highest BCUT2D eigenvalue weighted by molar-refractivity contribution is 5.13. The lowest BCUT2D eigenvalue weighted by atomic mass is 10.2. The summed E-state index contributed by atoms with van der Waals surface area (Å²) in [7, 11) is 0. The van der Waals surface area contributed by atoms with Crippen LogP contribution in [0.4, 0.5) is 0 Å². The van der Waals surface area contributed by atoms with Crippen LogP contribution in [0.1, 0.15) is 19.4 Å². The van der Waals surface area contributed by atoms with E-state index < -0.39 is 6.48 Å². The molecule has 1 saturated heterocycles. The summed E-state index contributed by atoms with van der Waals surface area (Å²) in [6.45, 7) is 3.97. The Morgan fingerprint density at radius 3 is 2.27 bits per heavy atom. The lowest BCUT2D eigenvalue weighted by molar-refractivity contribution is -0.246. The number of hydrogen-bond donors (Lipinski definition) is 0. The zero-order valence-electron chi connectivity index (χ0n) is 9.05. The van der Waals surface area contributed by atoms with Gasteiger partial charge < -0.3 is 14.2 Å². The van der Waals surface area contributed by atoms with Crippen molar-refractivity contribution in [3.8, 4) is 0 Å². The maximum atomic E-state index is 5.49. The molecule has 3 heteroatoms. The van der Waals surface area contributed by atoms with E-state index >= 15 is 0 Å². The van der Waals surface area contributed by atoms with Crippen molar-refractivity contribution >= 4 is 0 Å². The van der Waals surface area contributed by atoms with Crippen molar-refractivity contribution in [2.45, 2.75) is 39.1 Å². The molecule has 1 aliphatic rings. The fourth-order valence-corrected chi connectivity index (χ4v) is 1.42. The van der Waals surface area contributed by atoms with Gasteiger partial charge in [-0.3, -0.25) is 0 Å². The Kier molecular flexibility index (Phi) is 3.36. The van der Waals surface area contributed by atoms with Crippen LogP contribution in [-0.2, 0) is 20.8 Å². The highest BCUT2D eigenvalue weighted by Gasteiger charge is 2.30. The van der Waals surface area contributed by atoms with Crippen LogP contribution < -0.4 is 0 Å². The van der Waals surface area contributed by atoms with Crippen molar-refractivity contribution in [1.29, 1.82) is 0 Å². The lowest BCUT2D eigenvalue weighted by Crippen LogP contribution is -2.13. The molecule has 2 atom stereocenters. The molecule has 15 heavy (non-hydrogen) atoms. The first-order valence-electron chi connectivity index (χ1n) is 5.22. The number of hydrogen-bond acceptors (Lipinski definition) is 3. The minimum atomic E-state index is -0.518. The molecular weight excluding hydrogens is 192 g/mol. The summed E-state index contributed by atoms with van der Waals surface area (Å²) in [6, 6.07) is 9.99. The maximum absolute atomic E-state index is 5.49. The molecular formula is C12H16O3. The van der Waals surface area contributed by atoms with Crippen molar-refractivity contribution < 1.29 is 14.2 Å². The van der Waals surface area contributed by atoms with E-state index in [9.17, 15) is 0 Å². The molecule has 1 heterocycles. The first-order chi connectivity index (χ1) is 7.25. The average molecular weight is 208 g/mol. The van der Waals surface area contributed by atoms with E-state index in [0.29, 0.717) is 6.61 Å². The molecule has 0 radical (unpaired) electrons. The lowest BCUT2D eigenvalue weighted by Gasteiger charge is -2.10. The summed E-state index contributed by atoms with van der Waals surface area (Å²) in [5, 5.41) is 0. The largest absolute Gasteiger partial charge is 0.325 e. The molecule has 2 unspecified atom stereocenters. The summed E-state index contributed by atoms with van der Waals surface area (Å²) in [4.78, 5) is 0. The Bertz CT molecular complexity index is 289. The summed E-state index contributed by atoms with van der Waals surface area (Å²) in [5.74, 6) is 0. The number of ether oxygens (including phenoxy) is 3. The minimum Gasteiger partial charge on any atom is -0.325 e. The Morgan fingerprint density at radius 1 is 1.07 bits per heavy atom. The smallest absolute Gasteiger partial charge is 0.272 e. The molecule has 0 spiro atoms.